The highest BCUT2D eigenvalue weighted by molar-refractivity contribution is 7.90. The molecule has 7 nitrogen and oxygen atoms in total. The zero-order chi connectivity index (χ0) is 20.5. The molecule has 2 aromatic carbocycles. The number of carbonyl (C=O) groups is 1. The number of rotatable bonds is 4. The number of amidine groups is 1. The van der Waals surface area contributed by atoms with E-state index in [-0.39, 0.29) is 16.4 Å². The summed E-state index contributed by atoms with van der Waals surface area (Å²) in [4.78, 5) is 16.5. The molecule has 148 valence electrons. The van der Waals surface area contributed by atoms with Crippen LogP contribution in [0.5, 0.6) is 5.75 Å². The zero-order valence-corrected chi connectivity index (χ0v) is 15.1. The van der Waals surface area contributed by atoms with Gasteiger partial charge in [-0.15, -0.1) is 13.2 Å². The van der Waals surface area contributed by atoms with Gasteiger partial charge in [0.2, 0.25) is 5.91 Å². The lowest BCUT2D eigenvalue weighted by Gasteiger charge is -2.15. The maximum atomic E-state index is 12.5. The zero-order valence-electron chi connectivity index (χ0n) is 14.3. The Bertz CT molecular complexity index is 1050. The van der Waals surface area contributed by atoms with Gasteiger partial charge in [-0.25, -0.2) is 8.42 Å². The second kappa shape index (κ2) is 7.15. The first-order chi connectivity index (χ1) is 13.1. The van der Waals surface area contributed by atoms with E-state index in [1.807, 2.05) is 0 Å². The van der Waals surface area contributed by atoms with E-state index in [0.717, 1.165) is 6.07 Å². The first-order valence-electron chi connectivity index (χ1n) is 7.92. The standard InChI is InChI=1S/C17H14F3N3O4S/c1-10(21-15-11-6-2-5-9-14(11)28(25,26)23-15)16(24)22-12-7-3-4-8-13(12)27-17(18,19)20/h2-10H,1H3,(H,21,23)(H,22,24)/t10-/m1/s1. The smallest absolute Gasteiger partial charge is 0.404 e. The Hall–Kier alpha value is -3.08. The molecule has 1 heterocycles. The second-order valence-corrected chi connectivity index (χ2v) is 7.44. The predicted octanol–water partition coefficient (Wildman–Crippen LogP) is 2.65. The molecule has 1 atom stereocenters. The summed E-state index contributed by atoms with van der Waals surface area (Å²) in [6.07, 6.45) is -4.92. The molecule has 0 fully saturated rings. The minimum atomic E-state index is -4.92. The van der Waals surface area contributed by atoms with E-state index in [1.165, 1.54) is 37.3 Å². The number of nitrogens with one attached hydrogen (secondary N) is 2. The number of halogens is 3. The van der Waals surface area contributed by atoms with Crippen molar-refractivity contribution in [3.63, 3.8) is 0 Å². The SMILES string of the molecule is C[C@@H](N=C1NS(=O)(=O)c2ccccc21)C(=O)Nc1ccccc1OC(F)(F)F. The Balaban J connectivity index is 1.81. The topological polar surface area (TPSA) is 96.9 Å². The van der Waals surface area contributed by atoms with Crippen LogP contribution in [-0.4, -0.2) is 32.6 Å². The summed E-state index contributed by atoms with van der Waals surface area (Å²) in [7, 11) is -3.77. The number of hydrogen-bond donors (Lipinski definition) is 2. The van der Waals surface area contributed by atoms with Crippen LogP contribution in [0.3, 0.4) is 0 Å². The van der Waals surface area contributed by atoms with Crippen molar-refractivity contribution in [2.45, 2.75) is 24.2 Å². The van der Waals surface area contributed by atoms with Gasteiger partial charge in [-0.2, -0.15) is 0 Å². The second-order valence-electron chi connectivity index (χ2n) is 5.79. The molecule has 0 radical (unpaired) electrons. The monoisotopic (exact) mass is 413 g/mol. The first kappa shape index (κ1) is 19.7. The molecule has 0 spiro atoms. The van der Waals surface area contributed by atoms with Gasteiger partial charge in [0, 0.05) is 5.56 Å². The molecular formula is C17H14F3N3O4S. The number of fused-ring (bicyclic) bond motifs is 1. The number of nitrogens with zero attached hydrogens (tertiary/aromatic N) is 1. The van der Waals surface area contributed by atoms with Gasteiger partial charge < -0.3 is 10.1 Å². The lowest BCUT2D eigenvalue weighted by Crippen LogP contribution is -2.29. The molecule has 0 saturated heterocycles. The van der Waals surface area contributed by atoms with E-state index < -0.39 is 34.1 Å². The Morgan fingerprint density at radius 1 is 1.14 bits per heavy atom. The fourth-order valence-corrected chi connectivity index (χ4v) is 3.74. The molecule has 0 aliphatic carbocycles. The van der Waals surface area contributed by atoms with Gasteiger partial charge >= 0.3 is 6.36 Å². The average Bonchev–Trinajstić information content (AvgIpc) is 2.86. The number of carbonyl (C=O) groups excluding carboxylic acids is 1. The maximum absolute atomic E-state index is 12.5. The number of anilines is 1. The molecule has 11 heteroatoms. The van der Waals surface area contributed by atoms with Crippen molar-refractivity contribution in [2.75, 3.05) is 5.32 Å². The summed E-state index contributed by atoms with van der Waals surface area (Å²) in [5.74, 6) is -1.33. The molecule has 0 saturated carbocycles. The summed E-state index contributed by atoms with van der Waals surface area (Å²) >= 11 is 0. The number of para-hydroxylation sites is 2. The lowest BCUT2D eigenvalue weighted by atomic mass is 10.2. The largest absolute Gasteiger partial charge is 0.573 e. The van der Waals surface area contributed by atoms with Gasteiger partial charge in [-0.1, -0.05) is 24.3 Å². The van der Waals surface area contributed by atoms with Crippen LogP contribution in [0.4, 0.5) is 18.9 Å². The van der Waals surface area contributed by atoms with Gasteiger partial charge in [-0.3, -0.25) is 14.5 Å². The maximum Gasteiger partial charge on any atom is 0.573 e. The molecule has 28 heavy (non-hydrogen) atoms. The Labute approximate surface area is 158 Å². The Morgan fingerprint density at radius 2 is 1.79 bits per heavy atom. The summed E-state index contributed by atoms with van der Waals surface area (Å²) < 4.78 is 67.7. The van der Waals surface area contributed by atoms with E-state index in [4.69, 9.17) is 0 Å². The predicted molar refractivity (Wildman–Crippen MR) is 94.5 cm³/mol. The van der Waals surface area contributed by atoms with Crippen molar-refractivity contribution in [1.82, 2.24) is 4.72 Å². The van der Waals surface area contributed by atoms with Crippen LogP contribution in [-0.2, 0) is 14.8 Å². The highest BCUT2D eigenvalue weighted by Gasteiger charge is 2.33. The van der Waals surface area contributed by atoms with Crippen LogP contribution in [0.2, 0.25) is 0 Å². The Morgan fingerprint density at radius 3 is 2.50 bits per heavy atom. The molecule has 0 bridgehead atoms. The van der Waals surface area contributed by atoms with Gasteiger partial charge in [0.05, 0.1) is 10.6 Å². The van der Waals surface area contributed by atoms with Crippen molar-refractivity contribution >= 4 is 27.5 Å². The van der Waals surface area contributed by atoms with Gasteiger partial charge in [0.15, 0.2) is 5.75 Å². The quantitative estimate of drug-likeness (QED) is 0.805. The van der Waals surface area contributed by atoms with Crippen LogP contribution < -0.4 is 14.8 Å². The third kappa shape index (κ3) is 4.25. The van der Waals surface area contributed by atoms with E-state index in [0.29, 0.717) is 5.56 Å². The number of hydrogen-bond acceptors (Lipinski definition) is 5. The molecule has 0 unspecified atom stereocenters. The summed E-state index contributed by atoms with van der Waals surface area (Å²) in [6, 6.07) is 10.1. The van der Waals surface area contributed by atoms with Crippen molar-refractivity contribution in [2.24, 2.45) is 4.99 Å². The van der Waals surface area contributed by atoms with Gasteiger partial charge in [0.25, 0.3) is 10.0 Å². The summed E-state index contributed by atoms with van der Waals surface area (Å²) in [5, 5.41) is 2.30. The minimum Gasteiger partial charge on any atom is -0.404 e. The fraction of sp³-hybridized carbons (Fsp3) is 0.176. The molecule has 0 aromatic heterocycles. The van der Waals surface area contributed by atoms with E-state index >= 15 is 0 Å². The first-order valence-corrected chi connectivity index (χ1v) is 9.41. The number of amides is 1. The highest BCUT2D eigenvalue weighted by Crippen LogP contribution is 2.30. The molecular weight excluding hydrogens is 399 g/mol. The number of ether oxygens (including phenoxy) is 1. The van der Waals surface area contributed by atoms with Crippen molar-refractivity contribution in [3.8, 4) is 5.75 Å². The van der Waals surface area contributed by atoms with Crippen molar-refractivity contribution in [1.29, 1.82) is 0 Å². The fourth-order valence-electron chi connectivity index (χ4n) is 2.50. The minimum absolute atomic E-state index is 0.0157. The molecule has 1 amide bonds. The van der Waals surface area contributed by atoms with Gasteiger partial charge in [0.1, 0.15) is 11.9 Å². The molecule has 1 aliphatic rings. The molecule has 2 aromatic rings. The van der Waals surface area contributed by atoms with E-state index in [1.54, 1.807) is 12.1 Å². The average molecular weight is 413 g/mol. The van der Waals surface area contributed by atoms with Crippen molar-refractivity contribution in [3.05, 3.63) is 54.1 Å². The third-order valence-corrected chi connectivity index (χ3v) is 5.13. The number of sulfonamides is 1. The molecule has 1 aliphatic heterocycles. The number of aliphatic imine (C=N–C) groups is 1. The normalized spacial score (nSPS) is 17.5. The molecule has 2 N–H and O–H groups in total. The summed E-state index contributed by atoms with van der Waals surface area (Å²) in [5.41, 5.74) is 0.118. The van der Waals surface area contributed by atoms with Crippen LogP contribution in [0, 0.1) is 0 Å². The van der Waals surface area contributed by atoms with Crippen LogP contribution in [0.15, 0.2) is 58.4 Å². The number of benzene rings is 2. The summed E-state index contributed by atoms with van der Waals surface area (Å²) in [6.45, 7) is 1.38. The van der Waals surface area contributed by atoms with Crippen LogP contribution >= 0.6 is 0 Å². The highest BCUT2D eigenvalue weighted by atomic mass is 32.2. The van der Waals surface area contributed by atoms with Crippen LogP contribution in [0.1, 0.15) is 12.5 Å². The van der Waals surface area contributed by atoms with Crippen molar-refractivity contribution < 1.29 is 31.1 Å². The van der Waals surface area contributed by atoms with E-state index in [2.05, 4.69) is 19.8 Å². The number of alkyl halides is 3. The van der Waals surface area contributed by atoms with Crippen LogP contribution in [0.25, 0.3) is 0 Å². The van der Waals surface area contributed by atoms with Gasteiger partial charge in [-0.05, 0) is 31.2 Å². The van der Waals surface area contributed by atoms with E-state index in [9.17, 15) is 26.4 Å². The lowest BCUT2D eigenvalue weighted by molar-refractivity contribution is -0.274. The third-order valence-electron chi connectivity index (χ3n) is 3.74. The Kier molecular flexibility index (Phi) is 5.02. The molecule has 3 rings (SSSR count).